The van der Waals surface area contributed by atoms with Gasteiger partial charge < -0.3 is 19.9 Å². The molecule has 0 saturated carbocycles. The van der Waals surface area contributed by atoms with Gasteiger partial charge >= 0.3 is 0 Å². The van der Waals surface area contributed by atoms with Crippen molar-refractivity contribution in [2.45, 2.75) is 65.6 Å². The van der Waals surface area contributed by atoms with E-state index in [1.807, 2.05) is 38.4 Å². The Balaban J connectivity index is 1.32. The molecule has 0 aliphatic carbocycles. The van der Waals surface area contributed by atoms with Crippen molar-refractivity contribution < 1.29 is 9.53 Å². The highest BCUT2D eigenvalue weighted by Crippen LogP contribution is 2.28. The largest absolute Gasteiger partial charge is 0.494 e. The first-order valence-corrected chi connectivity index (χ1v) is 14.2. The maximum atomic E-state index is 12.8. The number of pyridine rings is 2. The summed E-state index contributed by atoms with van der Waals surface area (Å²) in [5.41, 5.74) is 4.67. The van der Waals surface area contributed by atoms with Crippen LogP contribution in [0.25, 0.3) is 0 Å². The van der Waals surface area contributed by atoms with Crippen molar-refractivity contribution >= 4 is 11.6 Å². The van der Waals surface area contributed by atoms with Crippen molar-refractivity contribution in [3.8, 4) is 11.8 Å². The molecule has 0 radical (unpaired) electrons. The zero-order chi connectivity index (χ0) is 28.5. The Morgan fingerprint density at radius 3 is 2.60 bits per heavy atom. The van der Waals surface area contributed by atoms with Gasteiger partial charge in [0, 0.05) is 56.3 Å². The summed E-state index contributed by atoms with van der Waals surface area (Å²) in [5.74, 6) is 0.767. The molecular weight excluding hydrogens is 500 g/mol. The summed E-state index contributed by atoms with van der Waals surface area (Å²) >= 11 is 0. The Labute approximate surface area is 238 Å². The molecule has 8 heteroatoms. The van der Waals surface area contributed by atoms with E-state index >= 15 is 0 Å². The molecular formula is C32H40N6O2. The monoisotopic (exact) mass is 540 g/mol. The summed E-state index contributed by atoms with van der Waals surface area (Å²) < 4.78 is 5.66. The topological polar surface area (TPSA) is 94.4 Å². The zero-order valence-electron chi connectivity index (χ0n) is 24.1. The molecule has 1 aliphatic heterocycles. The maximum Gasteiger partial charge on any atom is 0.253 e. The van der Waals surface area contributed by atoms with Crippen LogP contribution in [0, 0.1) is 25.2 Å². The number of nitrogens with one attached hydrogen (secondary N) is 1. The SMILES string of the molecule is CCOc1ccc(N(Cc2cccnc2)C2CCN([C@H](C)CCNC(=O)c3c(C)cc(C#N)nc3C)CC2)cc1. The van der Waals surface area contributed by atoms with Crippen molar-refractivity contribution in [3.05, 3.63) is 82.9 Å². The van der Waals surface area contributed by atoms with Gasteiger partial charge in [0.15, 0.2) is 0 Å². The molecule has 40 heavy (non-hydrogen) atoms. The van der Waals surface area contributed by atoms with Crippen LogP contribution in [0.5, 0.6) is 5.75 Å². The number of anilines is 1. The predicted molar refractivity (Wildman–Crippen MR) is 157 cm³/mol. The number of carbonyl (C=O) groups excluding carboxylic acids is 1. The van der Waals surface area contributed by atoms with E-state index in [-0.39, 0.29) is 5.91 Å². The number of aromatic nitrogens is 2. The normalized spacial score (nSPS) is 14.8. The summed E-state index contributed by atoms with van der Waals surface area (Å²) in [7, 11) is 0. The number of hydrogen-bond donors (Lipinski definition) is 1. The minimum atomic E-state index is -0.126. The molecule has 3 aromatic rings. The maximum absolute atomic E-state index is 12.8. The molecule has 1 aliphatic rings. The first kappa shape index (κ1) is 29.0. The van der Waals surface area contributed by atoms with E-state index in [0.29, 0.717) is 42.2 Å². The first-order chi connectivity index (χ1) is 19.4. The van der Waals surface area contributed by atoms with Gasteiger partial charge in [-0.1, -0.05) is 6.07 Å². The molecule has 4 rings (SSSR count). The highest BCUT2D eigenvalue weighted by atomic mass is 16.5. The second kappa shape index (κ2) is 13.9. The molecule has 0 bridgehead atoms. The number of rotatable bonds is 11. The van der Waals surface area contributed by atoms with E-state index in [1.54, 1.807) is 13.0 Å². The van der Waals surface area contributed by atoms with Gasteiger partial charge in [0.25, 0.3) is 5.91 Å². The summed E-state index contributed by atoms with van der Waals surface area (Å²) in [4.78, 5) is 26.4. The van der Waals surface area contributed by atoms with Gasteiger partial charge in [-0.15, -0.1) is 0 Å². The Kier molecular flexibility index (Phi) is 10.1. The van der Waals surface area contributed by atoms with Crippen LogP contribution >= 0.6 is 0 Å². The quantitative estimate of drug-likeness (QED) is 0.364. The van der Waals surface area contributed by atoms with Crippen molar-refractivity contribution in [3.63, 3.8) is 0 Å². The lowest BCUT2D eigenvalue weighted by Gasteiger charge is -2.42. The number of benzene rings is 1. The van der Waals surface area contributed by atoms with Crippen molar-refractivity contribution in [2.75, 3.05) is 31.1 Å². The molecule has 210 valence electrons. The van der Waals surface area contributed by atoms with Gasteiger partial charge in [0.1, 0.15) is 17.5 Å². The molecule has 1 amide bonds. The van der Waals surface area contributed by atoms with Crippen molar-refractivity contribution in [1.29, 1.82) is 5.26 Å². The molecule has 1 atom stereocenters. The van der Waals surface area contributed by atoms with Gasteiger partial charge in [-0.25, -0.2) is 4.98 Å². The fourth-order valence-corrected chi connectivity index (χ4v) is 5.56. The third kappa shape index (κ3) is 7.36. The lowest BCUT2D eigenvalue weighted by molar-refractivity contribution is 0.0943. The highest BCUT2D eigenvalue weighted by molar-refractivity contribution is 5.96. The Hall–Kier alpha value is -3.96. The van der Waals surface area contributed by atoms with E-state index in [0.717, 1.165) is 50.2 Å². The number of nitrogens with zero attached hydrogens (tertiary/aromatic N) is 5. The molecule has 3 heterocycles. The van der Waals surface area contributed by atoms with Gasteiger partial charge in [-0.05, 0) is 94.5 Å². The molecule has 8 nitrogen and oxygen atoms in total. The molecule has 1 fully saturated rings. The standard InChI is InChI=1S/C32H40N6O2/c1-5-40-30-10-8-28(9-11-30)38(22-26-7-6-15-34-21-26)29-13-17-37(18-14-29)24(3)12-16-35-32(39)31-23(2)19-27(20-33)36-25(31)4/h6-11,15,19,21,24,29H,5,12-14,16-18,22H2,1-4H3,(H,35,39)/t24-/m1/s1. The average molecular weight is 541 g/mol. The number of amides is 1. The summed E-state index contributed by atoms with van der Waals surface area (Å²) in [6.07, 6.45) is 6.77. The van der Waals surface area contributed by atoms with Crippen molar-refractivity contribution in [1.82, 2.24) is 20.2 Å². The first-order valence-electron chi connectivity index (χ1n) is 14.2. The number of likely N-dealkylation sites (tertiary alicyclic amines) is 1. The van der Waals surface area contributed by atoms with E-state index < -0.39 is 0 Å². The third-order valence-electron chi connectivity index (χ3n) is 7.71. The van der Waals surface area contributed by atoms with E-state index in [9.17, 15) is 4.79 Å². The lowest BCUT2D eigenvalue weighted by atomic mass is 9.99. The fraction of sp³-hybridized carbons (Fsp3) is 0.438. The molecule has 2 aromatic heterocycles. The fourth-order valence-electron chi connectivity index (χ4n) is 5.56. The van der Waals surface area contributed by atoms with Gasteiger partial charge in [0.2, 0.25) is 0 Å². The van der Waals surface area contributed by atoms with Crippen molar-refractivity contribution in [2.24, 2.45) is 0 Å². The van der Waals surface area contributed by atoms with Gasteiger partial charge in [-0.2, -0.15) is 5.26 Å². The van der Waals surface area contributed by atoms with Crippen LogP contribution in [0.3, 0.4) is 0 Å². The molecule has 0 unspecified atom stereocenters. The number of aryl methyl sites for hydroxylation is 2. The number of carbonyl (C=O) groups is 1. The molecule has 1 N–H and O–H groups in total. The van der Waals surface area contributed by atoms with E-state index in [1.165, 1.54) is 11.3 Å². The predicted octanol–water partition coefficient (Wildman–Crippen LogP) is 5.04. The van der Waals surface area contributed by atoms with Crippen LogP contribution in [0.2, 0.25) is 0 Å². The van der Waals surface area contributed by atoms with Gasteiger partial charge in [-0.3, -0.25) is 9.78 Å². The summed E-state index contributed by atoms with van der Waals surface area (Å²) in [6, 6.07) is 17.1. The second-order valence-corrected chi connectivity index (χ2v) is 10.5. The minimum absolute atomic E-state index is 0.126. The van der Waals surface area contributed by atoms with Crippen LogP contribution in [-0.4, -0.2) is 59.1 Å². The van der Waals surface area contributed by atoms with Gasteiger partial charge in [0.05, 0.1) is 17.9 Å². The average Bonchev–Trinajstić information content (AvgIpc) is 2.97. The zero-order valence-corrected chi connectivity index (χ0v) is 24.1. The van der Waals surface area contributed by atoms with Crippen LogP contribution < -0.4 is 15.0 Å². The van der Waals surface area contributed by atoms with E-state index in [2.05, 4.69) is 62.3 Å². The van der Waals surface area contributed by atoms with Crippen LogP contribution in [-0.2, 0) is 6.54 Å². The number of ether oxygens (including phenoxy) is 1. The second-order valence-electron chi connectivity index (χ2n) is 10.5. The number of nitriles is 1. The smallest absolute Gasteiger partial charge is 0.253 e. The molecule has 0 spiro atoms. The number of hydrogen-bond acceptors (Lipinski definition) is 7. The third-order valence-corrected chi connectivity index (χ3v) is 7.71. The van der Waals surface area contributed by atoms with Crippen LogP contribution in [0.15, 0.2) is 54.9 Å². The number of piperidine rings is 1. The lowest BCUT2D eigenvalue weighted by Crippen LogP contribution is -2.48. The minimum Gasteiger partial charge on any atom is -0.494 e. The molecule has 1 saturated heterocycles. The highest BCUT2D eigenvalue weighted by Gasteiger charge is 2.27. The van der Waals surface area contributed by atoms with Crippen LogP contribution in [0.1, 0.15) is 66.0 Å². The summed E-state index contributed by atoms with van der Waals surface area (Å²) in [6.45, 7) is 12.0. The molecule has 1 aromatic carbocycles. The Bertz CT molecular complexity index is 1270. The van der Waals surface area contributed by atoms with Crippen LogP contribution in [0.4, 0.5) is 5.69 Å². The van der Waals surface area contributed by atoms with E-state index in [4.69, 9.17) is 10.00 Å². The summed E-state index contributed by atoms with van der Waals surface area (Å²) in [5, 5.41) is 12.2. The Morgan fingerprint density at radius 1 is 1.23 bits per heavy atom. The Morgan fingerprint density at radius 2 is 1.98 bits per heavy atom.